The standard InChI is InChI=1S/C13H19ClN6O.C9H19NO/c1-18(2)13(21)20-8-3-4-9(20)7-19(6-8)10-5-11(14)16-17-12(10)15;1-2-3-4-5-6-7-8-9(10)11/h5,8-9H,3-4,6-7H2,1-2H3,(H2,15,17);2-8H2,1H3,(H2,10,11). The molecule has 2 atom stereocenters. The molecule has 2 aliphatic rings. The highest BCUT2D eigenvalue weighted by atomic mass is 35.5. The van der Waals surface area contributed by atoms with Gasteiger partial charge in [-0.1, -0.05) is 50.6 Å². The fourth-order valence-corrected chi connectivity index (χ4v) is 4.49. The largest absolute Gasteiger partial charge is 0.380 e. The molecule has 1 aromatic rings. The SMILES string of the molecule is CCCCCCCCC(N)=O.CN(C)C(=O)N1C2CCC1CN(c1cc(Cl)nnc1N)C2. The highest BCUT2D eigenvalue weighted by Gasteiger charge is 2.43. The average molecular weight is 468 g/mol. The highest BCUT2D eigenvalue weighted by molar-refractivity contribution is 6.29. The molecule has 0 saturated carbocycles. The molecule has 2 saturated heterocycles. The van der Waals surface area contributed by atoms with Gasteiger partial charge in [0.25, 0.3) is 0 Å². The Morgan fingerprint density at radius 3 is 2.25 bits per heavy atom. The fraction of sp³-hybridized carbons (Fsp3) is 0.727. The zero-order valence-corrected chi connectivity index (χ0v) is 20.4. The van der Waals surface area contributed by atoms with E-state index in [0.717, 1.165) is 44.5 Å². The minimum Gasteiger partial charge on any atom is -0.380 e. The van der Waals surface area contributed by atoms with Crippen LogP contribution in [0.25, 0.3) is 0 Å². The Labute approximate surface area is 196 Å². The Morgan fingerprint density at radius 1 is 1.09 bits per heavy atom. The van der Waals surface area contributed by atoms with Gasteiger partial charge in [-0.15, -0.1) is 10.2 Å². The summed E-state index contributed by atoms with van der Waals surface area (Å²) in [5.74, 6) is 0.215. The van der Waals surface area contributed by atoms with E-state index in [-0.39, 0.29) is 24.0 Å². The minimum absolute atomic E-state index is 0.0843. The molecular formula is C22H38ClN7O2. The molecule has 2 aliphatic heterocycles. The lowest BCUT2D eigenvalue weighted by Gasteiger charge is -2.43. The van der Waals surface area contributed by atoms with Crippen LogP contribution in [0.5, 0.6) is 0 Å². The molecule has 0 spiro atoms. The van der Waals surface area contributed by atoms with E-state index in [1.807, 2.05) is 4.90 Å². The molecule has 10 heteroatoms. The fourth-order valence-electron chi connectivity index (χ4n) is 4.34. The topological polar surface area (TPSA) is 122 Å². The van der Waals surface area contributed by atoms with E-state index in [9.17, 15) is 9.59 Å². The number of carbonyl (C=O) groups excluding carboxylic acids is 2. The number of hydrogen-bond acceptors (Lipinski definition) is 6. The van der Waals surface area contributed by atoms with E-state index >= 15 is 0 Å². The lowest BCUT2D eigenvalue weighted by atomic mass is 10.1. The van der Waals surface area contributed by atoms with Crippen molar-refractivity contribution in [3.8, 4) is 0 Å². The summed E-state index contributed by atoms with van der Waals surface area (Å²) in [7, 11) is 3.58. The first-order valence-corrected chi connectivity index (χ1v) is 11.9. The molecule has 4 N–H and O–H groups in total. The molecule has 9 nitrogen and oxygen atoms in total. The Bertz CT molecular complexity index is 748. The number of primary amides is 1. The normalized spacial score (nSPS) is 19.4. The number of nitrogens with zero attached hydrogens (tertiary/aromatic N) is 5. The lowest BCUT2D eigenvalue weighted by Crippen LogP contribution is -2.58. The van der Waals surface area contributed by atoms with Crippen LogP contribution in [0.1, 0.15) is 64.7 Å². The summed E-state index contributed by atoms with van der Waals surface area (Å²) in [4.78, 5) is 28.4. The van der Waals surface area contributed by atoms with Gasteiger partial charge in [-0.05, 0) is 19.3 Å². The van der Waals surface area contributed by atoms with Crippen LogP contribution < -0.4 is 16.4 Å². The van der Waals surface area contributed by atoms with Crippen molar-refractivity contribution in [3.63, 3.8) is 0 Å². The molecule has 3 rings (SSSR count). The van der Waals surface area contributed by atoms with Gasteiger partial charge in [0.05, 0.1) is 17.8 Å². The maximum absolute atomic E-state index is 12.3. The van der Waals surface area contributed by atoms with Crippen LogP contribution in [0, 0.1) is 0 Å². The van der Waals surface area contributed by atoms with E-state index in [2.05, 4.69) is 22.0 Å². The van der Waals surface area contributed by atoms with Crippen molar-refractivity contribution in [2.45, 2.75) is 76.8 Å². The number of nitrogens with two attached hydrogens (primary N) is 2. The van der Waals surface area contributed by atoms with Crippen LogP contribution >= 0.6 is 11.6 Å². The van der Waals surface area contributed by atoms with Gasteiger partial charge in [-0.25, -0.2) is 4.79 Å². The number of amides is 3. The Kier molecular flexibility index (Phi) is 10.3. The van der Waals surface area contributed by atoms with Crippen LogP contribution in [0.15, 0.2) is 6.07 Å². The van der Waals surface area contributed by atoms with Gasteiger partial charge in [0.1, 0.15) is 0 Å². The summed E-state index contributed by atoms with van der Waals surface area (Å²) in [5, 5.41) is 7.95. The number of hydrogen-bond donors (Lipinski definition) is 2. The average Bonchev–Trinajstić information content (AvgIpc) is 3.01. The molecule has 1 aromatic heterocycles. The predicted octanol–water partition coefficient (Wildman–Crippen LogP) is 3.27. The van der Waals surface area contributed by atoms with Gasteiger partial charge in [0.15, 0.2) is 11.0 Å². The van der Waals surface area contributed by atoms with Crippen molar-refractivity contribution in [1.29, 1.82) is 0 Å². The molecule has 32 heavy (non-hydrogen) atoms. The zero-order valence-electron chi connectivity index (χ0n) is 19.6. The third kappa shape index (κ3) is 7.39. The number of anilines is 2. The number of halogens is 1. The molecular weight excluding hydrogens is 430 g/mol. The first-order valence-electron chi connectivity index (χ1n) is 11.6. The molecule has 0 aromatic carbocycles. The third-order valence-electron chi connectivity index (χ3n) is 5.97. The molecule has 0 radical (unpaired) electrons. The van der Waals surface area contributed by atoms with Crippen molar-refractivity contribution < 1.29 is 9.59 Å². The molecule has 3 heterocycles. The summed E-state index contributed by atoms with van der Waals surface area (Å²) in [6, 6.07) is 2.25. The number of rotatable bonds is 8. The van der Waals surface area contributed by atoms with Gasteiger partial charge in [0, 0.05) is 39.7 Å². The van der Waals surface area contributed by atoms with Crippen molar-refractivity contribution in [3.05, 3.63) is 11.2 Å². The van der Waals surface area contributed by atoms with Crippen LogP contribution in [-0.2, 0) is 4.79 Å². The second-order valence-electron chi connectivity index (χ2n) is 8.80. The second-order valence-corrected chi connectivity index (χ2v) is 9.18. The van der Waals surface area contributed by atoms with Gasteiger partial charge in [-0.3, -0.25) is 4.79 Å². The second kappa shape index (κ2) is 12.7. The van der Waals surface area contributed by atoms with E-state index in [4.69, 9.17) is 23.1 Å². The first kappa shape index (κ1) is 26.0. The Balaban J connectivity index is 0.000000282. The van der Waals surface area contributed by atoms with Crippen molar-refractivity contribution >= 4 is 35.0 Å². The van der Waals surface area contributed by atoms with Crippen molar-refractivity contribution in [1.82, 2.24) is 20.0 Å². The summed E-state index contributed by atoms with van der Waals surface area (Å²) in [6.45, 7) is 3.70. The number of urea groups is 1. The van der Waals surface area contributed by atoms with Gasteiger partial charge < -0.3 is 26.2 Å². The molecule has 0 aliphatic carbocycles. The van der Waals surface area contributed by atoms with Gasteiger partial charge >= 0.3 is 6.03 Å². The number of fused-ring (bicyclic) bond motifs is 2. The van der Waals surface area contributed by atoms with E-state index in [0.29, 0.717) is 17.4 Å². The van der Waals surface area contributed by atoms with Crippen LogP contribution in [0.4, 0.5) is 16.3 Å². The Hall–Kier alpha value is -2.29. The summed E-state index contributed by atoms with van der Waals surface area (Å²) in [5.41, 5.74) is 11.7. The van der Waals surface area contributed by atoms with E-state index in [1.165, 1.54) is 25.7 Å². The van der Waals surface area contributed by atoms with Crippen LogP contribution in [0.2, 0.25) is 5.15 Å². The Morgan fingerprint density at radius 2 is 1.69 bits per heavy atom. The quantitative estimate of drug-likeness (QED) is 0.566. The predicted molar refractivity (Wildman–Crippen MR) is 129 cm³/mol. The molecule has 3 amide bonds. The monoisotopic (exact) mass is 467 g/mol. The number of piperazine rings is 1. The number of carbonyl (C=O) groups is 2. The highest BCUT2D eigenvalue weighted by Crippen LogP contribution is 2.35. The number of nitrogen functional groups attached to an aromatic ring is 1. The van der Waals surface area contributed by atoms with E-state index < -0.39 is 0 Å². The molecule has 2 bridgehead atoms. The maximum atomic E-state index is 12.3. The molecule has 180 valence electrons. The smallest absolute Gasteiger partial charge is 0.320 e. The lowest BCUT2D eigenvalue weighted by molar-refractivity contribution is -0.118. The summed E-state index contributed by atoms with van der Waals surface area (Å²) >= 11 is 5.92. The van der Waals surface area contributed by atoms with Crippen LogP contribution in [-0.4, -0.2) is 71.2 Å². The van der Waals surface area contributed by atoms with Crippen molar-refractivity contribution in [2.75, 3.05) is 37.8 Å². The van der Waals surface area contributed by atoms with Crippen LogP contribution in [0.3, 0.4) is 0 Å². The number of aromatic nitrogens is 2. The third-order valence-corrected chi connectivity index (χ3v) is 6.16. The summed E-state index contributed by atoms with van der Waals surface area (Å²) in [6.07, 6.45) is 9.87. The summed E-state index contributed by atoms with van der Waals surface area (Å²) < 4.78 is 0. The maximum Gasteiger partial charge on any atom is 0.320 e. The zero-order chi connectivity index (χ0) is 23.7. The van der Waals surface area contributed by atoms with Gasteiger partial charge in [-0.2, -0.15) is 0 Å². The molecule has 2 unspecified atom stereocenters. The number of unbranched alkanes of at least 4 members (excludes halogenated alkanes) is 5. The molecule has 2 fully saturated rings. The van der Waals surface area contributed by atoms with Gasteiger partial charge in [0.2, 0.25) is 5.91 Å². The van der Waals surface area contributed by atoms with Crippen molar-refractivity contribution in [2.24, 2.45) is 5.73 Å². The van der Waals surface area contributed by atoms with E-state index in [1.54, 1.807) is 25.1 Å². The first-order chi connectivity index (χ1) is 15.2. The minimum atomic E-state index is -0.166.